The highest BCUT2D eigenvalue weighted by atomic mass is 16.5. The highest BCUT2D eigenvalue weighted by molar-refractivity contribution is 6.04. The van der Waals surface area contributed by atoms with E-state index in [1.54, 1.807) is 6.07 Å². The summed E-state index contributed by atoms with van der Waals surface area (Å²) < 4.78 is 83.4. The van der Waals surface area contributed by atoms with Gasteiger partial charge in [0, 0.05) is 27.6 Å². The molecule has 0 unspecified atom stereocenters. The van der Waals surface area contributed by atoms with Crippen molar-refractivity contribution in [3.05, 3.63) is 170 Å². The van der Waals surface area contributed by atoms with Crippen LogP contribution in [0.5, 0.6) is 11.5 Å². The lowest BCUT2D eigenvalue weighted by Crippen LogP contribution is -1.97. The first kappa shape index (κ1) is 19.3. The third kappa shape index (κ3) is 4.95. The number of nitrogens with zero attached hydrogens (tertiary/aromatic N) is 2. The summed E-state index contributed by atoms with van der Waals surface area (Å²) in [7, 11) is 0. The molecule has 1 aliphatic rings. The Kier molecular flexibility index (Phi) is 4.60. The minimum atomic E-state index is -0.634. The lowest BCUT2D eigenvalue weighted by atomic mass is 9.92. The van der Waals surface area contributed by atoms with Crippen molar-refractivity contribution in [2.75, 3.05) is 0 Å². The van der Waals surface area contributed by atoms with E-state index in [1.165, 1.54) is 0 Å². The van der Waals surface area contributed by atoms with Gasteiger partial charge in [0.25, 0.3) is 0 Å². The Morgan fingerprint density at radius 1 is 0.426 bits per heavy atom. The zero-order valence-electron chi connectivity index (χ0n) is 33.8. The van der Waals surface area contributed by atoms with Gasteiger partial charge in [0.05, 0.1) is 23.7 Å². The van der Waals surface area contributed by atoms with Crippen molar-refractivity contribution in [2.24, 2.45) is 0 Å². The largest absolute Gasteiger partial charge is 0.456 e. The first-order valence-electron chi connectivity index (χ1n) is 19.6. The van der Waals surface area contributed by atoms with Crippen molar-refractivity contribution in [3.8, 4) is 78.8 Å². The first-order valence-corrected chi connectivity index (χ1v) is 15.1. The van der Waals surface area contributed by atoms with Crippen LogP contribution in [0, 0.1) is 0 Å². The number of aromatic nitrogens is 2. The van der Waals surface area contributed by atoms with E-state index in [4.69, 9.17) is 27.0 Å². The monoisotopic (exact) mass is 609 g/mol. The van der Waals surface area contributed by atoms with Crippen molar-refractivity contribution in [2.45, 2.75) is 0 Å². The highest BCUT2D eigenvalue weighted by Crippen LogP contribution is 2.47. The second-order valence-corrected chi connectivity index (χ2v) is 11.1. The summed E-state index contributed by atoms with van der Waals surface area (Å²) in [5.74, 6) is 1.92. The molecule has 1 aromatic heterocycles. The van der Waals surface area contributed by atoms with Crippen LogP contribution in [0.1, 0.15) is 12.3 Å². The van der Waals surface area contributed by atoms with Gasteiger partial charge in [-0.05, 0) is 57.5 Å². The van der Waals surface area contributed by atoms with Crippen LogP contribution in [-0.4, -0.2) is 9.97 Å². The van der Waals surface area contributed by atoms with Crippen LogP contribution < -0.4 is 4.74 Å². The lowest BCUT2D eigenvalue weighted by molar-refractivity contribution is 0.487. The van der Waals surface area contributed by atoms with E-state index in [0.29, 0.717) is 17.1 Å². The molecule has 7 aromatic carbocycles. The topological polar surface area (TPSA) is 35.0 Å². The number of benzene rings is 7. The van der Waals surface area contributed by atoms with E-state index >= 15 is 0 Å². The summed E-state index contributed by atoms with van der Waals surface area (Å²) in [5, 5.41) is 2.19. The van der Waals surface area contributed by atoms with Gasteiger partial charge in [0.15, 0.2) is 5.82 Å². The molecule has 0 bridgehead atoms. The van der Waals surface area contributed by atoms with E-state index < -0.39 is 59.9 Å². The van der Waals surface area contributed by atoms with E-state index in [1.807, 2.05) is 78.9 Å². The van der Waals surface area contributed by atoms with Crippen LogP contribution >= 0.6 is 0 Å². The summed E-state index contributed by atoms with van der Waals surface area (Å²) in [6, 6.07) is 31.9. The fourth-order valence-electron chi connectivity index (χ4n) is 5.96. The van der Waals surface area contributed by atoms with Gasteiger partial charge in [-0.15, -0.1) is 0 Å². The van der Waals surface area contributed by atoms with E-state index in [0.717, 1.165) is 50.1 Å². The van der Waals surface area contributed by atoms with Gasteiger partial charge in [0.2, 0.25) is 0 Å². The lowest BCUT2D eigenvalue weighted by Gasteiger charge is -2.22. The van der Waals surface area contributed by atoms with Gasteiger partial charge >= 0.3 is 0 Å². The molecule has 0 spiro atoms. The smallest absolute Gasteiger partial charge is 0.160 e. The molecule has 0 amide bonds. The number of hydrogen-bond acceptors (Lipinski definition) is 3. The molecule has 1 aliphatic heterocycles. The van der Waals surface area contributed by atoms with E-state index in [9.17, 15) is 0 Å². The van der Waals surface area contributed by atoms with Crippen molar-refractivity contribution in [1.82, 2.24) is 9.97 Å². The second kappa shape index (κ2) is 11.2. The number of ether oxygens (including phenoxy) is 1. The molecule has 3 nitrogen and oxygen atoms in total. The molecule has 0 fully saturated rings. The molecule has 0 N–H and O–H groups in total. The predicted molar refractivity (Wildman–Crippen MR) is 192 cm³/mol. The fraction of sp³-hybridized carbons (Fsp3) is 0. The average molecular weight is 610 g/mol. The van der Waals surface area contributed by atoms with Gasteiger partial charge < -0.3 is 4.74 Å². The quantitative estimate of drug-likeness (QED) is 0.195. The molecular formula is C44H28N2O. The number of fused-ring (bicyclic) bond motifs is 2. The standard InChI is InChI=1S/C44H28N2O/c1-3-9-29(10-4-1)30-17-21-32(22-18-30)39-28-40(46-44(45-39)35-11-5-2-6-12-35)33-23-19-31(20-24-33)36-25-26-41-38(27-36)37-15-7-13-34-14-8-16-42(47-41)43(34)37/h1-28H/i1D,3D,4D,9D,10D,17D,18D,21D,22D. The Hall–Kier alpha value is -6.32. The average Bonchev–Trinajstić information content (AvgIpc) is 3.23. The van der Waals surface area contributed by atoms with Crippen LogP contribution in [0.15, 0.2) is 170 Å². The fourth-order valence-corrected chi connectivity index (χ4v) is 5.96. The Morgan fingerprint density at radius 2 is 1.09 bits per heavy atom. The van der Waals surface area contributed by atoms with Crippen LogP contribution in [0.2, 0.25) is 0 Å². The maximum atomic E-state index is 9.05. The third-order valence-corrected chi connectivity index (χ3v) is 8.26. The van der Waals surface area contributed by atoms with Crippen molar-refractivity contribution in [3.63, 3.8) is 0 Å². The maximum Gasteiger partial charge on any atom is 0.160 e. The summed E-state index contributed by atoms with van der Waals surface area (Å²) in [4.78, 5) is 9.60. The summed E-state index contributed by atoms with van der Waals surface area (Å²) >= 11 is 0. The Labute approximate surface area is 286 Å². The van der Waals surface area contributed by atoms with E-state index in [2.05, 4.69) is 30.3 Å². The van der Waals surface area contributed by atoms with Gasteiger partial charge in [-0.25, -0.2) is 9.97 Å². The molecule has 0 saturated carbocycles. The Bertz CT molecular complexity index is 2870. The van der Waals surface area contributed by atoms with Crippen LogP contribution in [0.3, 0.4) is 0 Å². The molecule has 8 aromatic rings. The van der Waals surface area contributed by atoms with Gasteiger partial charge in [0.1, 0.15) is 11.5 Å². The molecule has 0 radical (unpaired) electrons. The van der Waals surface area contributed by atoms with Crippen LogP contribution in [0.4, 0.5) is 0 Å². The molecule has 47 heavy (non-hydrogen) atoms. The zero-order chi connectivity index (χ0) is 39.0. The Morgan fingerprint density at radius 3 is 1.87 bits per heavy atom. The first-order chi connectivity index (χ1) is 27.0. The normalized spacial score (nSPS) is 14.3. The molecule has 0 atom stereocenters. The second-order valence-electron chi connectivity index (χ2n) is 11.1. The number of rotatable bonds is 5. The maximum absolute atomic E-state index is 9.05. The molecule has 220 valence electrons. The molecule has 0 saturated heterocycles. The summed E-state index contributed by atoms with van der Waals surface area (Å²) in [5.41, 5.74) is 5.17. The SMILES string of the molecule is [2H]c1c([2H])c([2H])c(-c2c([2H])c([2H])c(-c3cc(-c4ccc(-c5ccc6c(c5)-c5cccc7cccc(c57)O6)cc4)nc(-c4ccccc4)n3)c([2H])c2[2H])c([2H])c1[2H]. The predicted octanol–water partition coefficient (Wildman–Crippen LogP) is 11.7. The molecule has 9 rings (SSSR count). The van der Waals surface area contributed by atoms with Crippen molar-refractivity contribution >= 4 is 10.8 Å². The minimum Gasteiger partial charge on any atom is -0.456 e. The highest BCUT2D eigenvalue weighted by Gasteiger charge is 2.20. The zero-order valence-corrected chi connectivity index (χ0v) is 24.8. The molecular weight excluding hydrogens is 572 g/mol. The van der Waals surface area contributed by atoms with Crippen LogP contribution in [-0.2, 0) is 0 Å². The van der Waals surface area contributed by atoms with Crippen molar-refractivity contribution < 1.29 is 17.1 Å². The summed E-state index contributed by atoms with van der Waals surface area (Å²) in [6.45, 7) is 0. The van der Waals surface area contributed by atoms with Gasteiger partial charge in [-0.2, -0.15) is 0 Å². The third-order valence-electron chi connectivity index (χ3n) is 8.26. The van der Waals surface area contributed by atoms with Gasteiger partial charge in [-0.1, -0.05) is 145 Å². The minimum absolute atomic E-state index is 0.110. The molecule has 0 aliphatic carbocycles. The number of hydrogen-bond donors (Lipinski definition) is 0. The van der Waals surface area contributed by atoms with Gasteiger partial charge in [-0.3, -0.25) is 0 Å². The van der Waals surface area contributed by atoms with Crippen LogP contribution in [0.25, 0.3) is 78.1 Å². The van der Waals surface area contributed by atoms with E-state index in [-0.39, 0.29) is 16.8 Å². The summed E-state index contributed by atoms with van der Waals surface area (Å²) in [6.07, 6.45) is 0. The molecule has 3 heteroatoms. The molecule has 2 heterocycles. The Balaban J connectivity index is 1.15. The van der Waals surface area contributed by atoms with Crippen molar-refractivity contribution in [1.29, 1.82) is 0 Å².